The monoisotopic (exact) mass is 262 g/mol. The predicted octanol–water partition coefficient (Wildman–Crippen LogP) is 2.60. The van der Waals surface area contributed by atoms with E-state index in [1.165, 1.54) is 16.8 Å². The fourth-order valence-electron chi connectivity index (χ4n) is 2.56. The number of benzene rings is 1. The summed E-state index contributed by atoms with van der Waals surface area (Å²) in [5.41, 5.74) is 4.23. The molecule has 2 N–H and O–H groups in total. The zero-order valence-electron chi connectivity index (χ0n) is 12.2. The number of fused-ring (bicyclic) bond motifs is 1. The van der Waals surface area contributed by atoms with Crippen LogP contribution in [0.5, 0.6) is 0 Å². The maximum atomic E-state index is 5.31. The van der Waals surface area contributed by atoms with E-state index in [1.54, 1.807) is 0 Å². The minimum absolute atomic E-state index is 0.585. The van der Waals surface area contributed by atoms with Crippen LogP contribution in [0.15, 0.2) is 18.2 Å². The predicted molar refractivity (Wildman–Crippen MR) is 80.9 cm³/mol. The number of ether oxygens (including phenoxy) is 1. The Morgan fingerprint density at radius 1 is 1.37 bits per heavy atom. The third-order valence-electron chi connectivity index (χ3n) is 3.53. The minimum Gasteiger partial charge on any atom is -0.382 e. The Hall–Kier alpha value is -1.06. The second-order valence-electron chi connectivity index (χ2n) is 5.29. The SMILES string of the molecule is CCOCCCNCCc1ccc2c(c1)CC(C)N2. The largest absolute Gasteiger partial charge is 0.382 e. The Bertz CT molecular complexity index is 392. The van der Waals surface area contributed by atoms with Crippen molar-refractivity contribution in [2.75, 3.05) is 31.6 Å². The maximum Gasteiger partial charge on any atom is 0.0477 e. The molecular formula is C16H26N2O. The van der Waals surface area contributed by atoms with Gasteiger partial charge in [-0.1, -0.05) is 12.1 Å². The summed E-state index contributed by atoms with van der Waals surface area (Å²) in [7, 11) is 0. The van der Waals surface area contributed by atoms with Gasteiger partial charge in [0.2, 0.25) is 0 Å². The van der Waals surface area contributed by atoms with E-state index in [2.05, 4.69) is 35.8 Å². The minimum atomic E-state index is 0.585. The van der Waals surface area contributed by atoms with Crippen LogP contribution in [-0.4, -0.2) is 32.3 Å². The van der Waals surface area contributed by atoms with Gasteiger partial charge >= 0.3 is 0 Å². The highest BCUT2D eigenvalue weighted by atomic mass is 16.5. The van der Waals surface area contributed by atoms with Crippen LogP contribution >= 0.6 is 0 Å². The molecule has 0 radical (unpaired) electrons. The lowest BCUT2D eigenvalue weighted by Gasteiger charge is -2.07. The molecule has 3 nitrogen and oxygen atoms in total. The Kier molecular flexibility index (Phi) is 5.67. The van der Waals surface area contributed by atoms with Gasteiger partial charge in [-0.25, -0.2) is 0 Å². The highest BCUT2D eigenvalue weighted by Crippen LogP contribution is 2.26. The second-order valence-corrected chi connectivity index (χ2v) is 5.29. The normalized spacial score (nSPS) is 17.3. The smallest absolute Gasteiger partial charge is 0.0477 e. The lowest BCUT2D eigenvalue weighted by Crippen LogP contribution is -2.19. The zero-order chi connectivity index (χ0) is 13.5. The molecule has 19 heavy (non-hydrogen) atoms. The van der Waals surface area contributed by atoms with E-state index >= 15 is 0 Å². The van der Waals surface area contributed by atoms with Crippen molar-refractivity contribution in [1.82, 2.24) is 5.32 Å². The molecule has 0 fully saturated rings. The van der Waals surface area contributed by atoms with Gasteiger partial charge in [-0.2, -0.15) is 0 Å². The van der Waals surface area contributed by atoms with Crippen LogP contribution in [0.1, 0.15) is 31.4 Å². The van der Waals surface area contributed by atoms with Crippen LogP contribution in [-0.2, 0) is 17.6 Å². The average molecular weight is 262 g/mol. The summed E-state index contributed by atoms with van der Waals surface area (Å²) in [5, 5.41) is 6.96. The van der Waals surface area contributed by atoms with Crippen molar-refractivity contribution < 1.29 is 4.74 Å². The van der Waals surface area contributed by atoms with Crippen LogP contribution in [0, 0.1) is 0 Å². The molecule has 0 amide bonds. The van der Waals surface area contributed by atoms with E-state index in [9.17, 15) is 0 Å². The first-order valence-electron chi connectivity index (χ1n) is 7.46. The highest BCUT2D eigenvalue weighted by Gasteiger charge is 2.16. The van der Waals surface area contributed by atoms with Gasteiger partial charge in [0, 0.05) is 24.9 Å². The van der Waals surface area contributed by atoms with E-state index in [0.29, 0.717) is 6.04 Å². The van der Waals surface area contributed by atoms with Gasteiger partial charge in [0.05, 0.1) is 0 Å². The number of rotatable bonds is 8. The van der Waals surface area contributed by atoms with Crippen LogP contribution in [0.4, 0.5) is 5.69 Å². The van der Waals surface area contributed by atoms with Crippen molar-refractivity contribution in [2.45, 2.75) is 39.2 Å². The molecule has 1 atom stereocenters. The molecule has 1 aliphatic heterocycles. The Labute approximate surface area is 116 Å². The van der Waals surface area contributed by atoms with E-state index in [4.69, 9.17) is 4.74 Å². The molecule has 106 valence electrons. The number of hydrogen-bond acceptors (Lipinski definition) is 3. The maximum absolute atomic E-state index is 5.31. The lowest BCUT2D eigenvalue weighted by atomic mass is 10.0. The van der Waals surface area contributed by atoms with E-state index in [0.717, 1.165) is 45.6 Å². The lowest BCUT2D eigenvalue weighted by molar-refractivity contribution is 0.145. The fourth-order valence-corrected chi connectivity index (χ4v) is 2.56. The van der Waals surface area contributed by atoms with Crippen LogP contribution in [0.2, 0.25) is 0 Å². The summed E-state index contributed by atoms with van der Waals surface area (Å²) in [6.07, 6.45) is 3.36. The third-order valence-corrected chi connectivity index (χ3v) is 3.53. The molecule has 1 aliphatic rings. The van der Waals surface area contributed by atoms with Crippen molar-refractivity contribution in [1.29, 1.82) is 0 Å². The summed E-state index contributed by atoms with van der Waals surface area (Å²) < 4.78 is 5.31. The van der Waals surface area contributed by atoms with Crippen molar-refractivity contribution >= 4 is 5.69 Å². The van der Waals surface area contributed by atoms with Gasteiger partial charge in [0.25, 0.3) is 0 Å². The quantitative estimate of drug-likeness (QED) is 0.707. The standard InChI is InChI=1S/C16H26N2O/c1-3-19-10-4-8-17-9-7-14-5-6-16-15(12-14)11-13(2)18-16/h5-6,12-13,17-18H,3-4,7-11H2,1-2H3. The average Bonchev–Trinajstić information content (AvgIpc) is 2.77. The van der Waals surface area contributed by atoms with E-state index < -0.39 is 0 Å². The van der Waals surface area contributed by atoms with Crippen LogP contribution in [0.3, 0.4) is 0 Å². The summed E-state index contributed by atoms with van der Waals surface area (Å²) in [5.74, 6) is 0. The number of nitrogens with one attached hydrogen (secondary N) is 2. The summed E-state index contributed by atoms with van der Waals surface area (Å²) >= 11 is 0. The van der Waals surface area contributed by atoms with Gasteiger partial charge in [0.1, 0.15) is 0 Å². The molecule has 0 aromatic heterocycles. The Morgan fingerprint density at radius 2 is 2.26 bits per heavy atom. The molecule has 0 bridgehead atoms. The van der Waals surface area contributed by atoms with Crippen LogP contribution < -0.4 is 10.6 Å². The molecule has 1 aromatic carbocycles. The molecule has 0 saturated heterocycles. The van der Waals surface area contributed by atoms with Crippen molar-refractivity contribution in [3.8, 4) is 0 Å². The van der Waals surface area contributed by atoms with Gasteiger partial charge < -0.3 is 15.4 Å². The fraction of sp³-hybridized carbons (Fsp3) is 0.625. The number of anilines is 1. The van der Waals surface area contributed by atoms with Crippen molar-refractivity contribution in [3.05, 3.63) is 29.3 Å². The molecule has 0 saturated carbocycles. The van der Waals surface area contributed by atoms with E-state index in [1.807, 2.05) is 6.92 Å². The zero-order valence-corrected chi connectivity index (χ0v) is 12.2. The summed E-state index contributed by atoms with van der Waals surface area (Å²) in [6.45, 7) is 8.06. The Morgan fingerprint density at radius 3 is 3.11 bits per heavy atom. The Balaban J connectivity index is 1.65. The molecule has 1 aromatic rings. The number of hydrogen-bond donors (Lipinski definition) is 2. The molecule has 3 heteroatoms. The molecular weight excluding hydrogens is 236 g/mol. The topological polar surface area (TPSA) is 33.3 Å². The summed E-state index contributed by atoms with van der Waals surface area (Å²) in [4.78, 5) is 0. The van der Waals surface area contributed by atoms with Crippen LogP contribution in [0.25, 0.3) is 0 Å². The third kappa shape index (κ3) is 4.51. The first-order valence-corrected chi connectivity index (χ1v) is 7.46. The van der Waals surface area contributed by atoms with Crippen molar-refractivity contribution in [3.63, 3.8) is 0 Å². The molecule has 0 spiro atoms. The molecule has 1 unspecified atom stereocenters. The van der Waals surface area contributed by atoms with Gasteiger partial charge in [-0.15, -0.1) is 0 Å². The molecule has 2 rings (SSSR count). The first kappa shape index (κ1) is 14.4. The summed E-state index contributed by atoms with van der Waals surface area (Å²) in [6, 6.07) is 7.41. The van der Waals surface area contributed by atoms with Gasteiger partial charge in [0.15, 0.2) is 0 Å². The second kappa shape index (κ2) is 7.51. The van der Waals surface area contributed by atoms with Crippen molar-refractivity contribution in [2.24, 2.45) is 0 Å². The van der Waals surface area contributed by atoms with E-state index in [-0.39, 0.29) is 0 Å². The first-order chi connectivity index (χ1) is 9.29. The highest BCUT2D eigenvalue weighted by molar-refractivity contribution is 5.57. The van der Waals surface area contributed by atoms with Gasteiger partial charge in [-0.3, -0.25) is 0 Å². The van der Waals surface area contributed by atoms with Gasteiger partial charge in [-0.05, 0) is 63.4 Å². The molecule has 1 heterocycles. The molecule has 0 aliphatic carbocycles.